The molecular formula is C32H30F2N6O3. The molecule has 11 heteroatoms. The summed E-state index contributed by atoms with van der Waals surface area (Å²) in [4.78, 5) is 42.9. The van der Waals surface area contributed by atoms with Crippen molar-refractivity contribution in [1.29, 1.82) is 0 Å². The molecule has 1 atom stereocenters. The van der Waals surface area contributed by atoms with Crippen LogP contribution in [0.3, 0.4) is 0 Å². The van der Waals surface area contributed by atoms with Crippen molar-refractivity contribution in [2.45, 2.75) is 26.4 Å². The van der Waals surface area contributed by atoms with E-state index in [-0.39, 0.29) is 24.1 Å². The van der Waals surface area contributed by atoms with Crippen molar-refractivity contribution < 1.29 is 18.4 Å². The van der Waals surface area contributed by atoms with E-state index in [1.807, 2.05) is 6.92 Å². The van der Waals surface area contributed by atoms with Crippen molar-refractivity contribution in [3.8, 4) is 16.9 Å². The van der Waals surface area contributed by atoms with Crippen molar-refractivity contribution in [2.24, 2.45) is 0 Å². The summed E-state index contributed by atoms with van der Waals surface area (Å²) in [6.45, 7) is 3.41. The third-order valence-corrected chi connectivity index (χ3v) is 7.30. The summed E-state index contributed by atoms with van der Waals surface area (Å²) in [5.41, 5.74) is 3.11. The van der Waals surface area contributed by atoms with Crippen molar-refractivity contribution in [2.75, 3.05) is 19.4 Å². The van der Waals surface area contributed by atoms with Crippen LogP contribution in [0.5, 0.6) is 0 Å². The molecule has 43 heavy (non-hydrogen) atoms. The zero-order valence-electron chi connectivity index (χ0n) is 24.0. The molecule has 0 radical (unpaired) electrons. The van der Waals surface area contributed by atoms with Gasteiger partial charge in [-0.2, -0.15) is 0 Å². The van der Waals surface area contributed by atoms with Crippen LogP contribution < -0.4 is 21.5 Å². The molecule has 2 heterocycles. The molecular weight excluding hydrogens is 554 g/mol. The standard InChI is InChI=1S/C32H30F2N6O3/c1-18-16-39(27-9-8-23(33)14-26(18)27)25-11-20(10-24(34)13-25)17-40-28(21-6-5-7-22(12-21)31(42)36-4)15-37-29(32(40)43)38-30(41)19(2)35-3/h5-16,19,35H,17H2,1-4H3,(H,36,42)(H,37,38,41). The Morgan fingerprint density at radius 3 is 2.53 bits per heavy atom. The van der Waals surface area contributed by atoms with Gasteiger partial charge >= 0.3 is 0 Å². The minimum atomic E-state index is -0.608. The first-order valence-corrected chi connectivity index (χ1v) is 13.6. The number of fused-ring (bicyclic) bond motifs is 1. The van der Waals surface area contributed by atoms with Crippen molar-refractivity contribution in [3.05, 3.63) is 112 Å². The fourth-order valence-corrected chi connectivity index (χ4v) is 4.91. The van der Waals surface area contributed by atoms with Crippen molar-refractivity contribution in [1.82, 2.24) is 24.8 Å². The average molecular weight is 585 g/mol. The Balaban J connectivity index is 1.64. The molecule has 0 fully saturated rings. The molecule has 9 nitrogen and oxygen atoms in total. The number of likely N-dealkylation sites (N-methyl/N-ethyl adjacent to an activating group) is 1. The predicted molar refractivity (Wildman–Crippen MR) is 162 cm³/mol. The first kappa shape index (κ1) is 29.3. The molecule has 0 spiro atoms. The highest BCUT2D eigenvalue weighted by Crippen LogP contribution is 2.27. The van der Waals surface area contributed by atoms with Gasteiger partial charge in [-0.15, -0.1) is 0 Å². The zero-order valence-corrected chi connectivity index (χ0v) is 24.0. The summed E-state index contributed by atoms with van der Waals surface area (Å²) in [5.74, 6) is -1.85. The largest absolute Gasteiger partial charge is 0.355 e. The number of hydrogen-bond acceptors (Lipinski definition) is 5. The smallest absolute Gasteiger partial charge is 0.294 e. The highest BCUT2D eigenvalue weighted by atomic mass is 19.1. The van der Waals surface area contributed by atoms with Gasteiger partial charge in [0.2, 0.25) is 5.91 Å². The number of rotatable bonds is 8. The molecule has 3 N–H and O–H groups in total. The number of hydrogen-bond donors (Lipinski definition) is 3. The SMILES string of the molecule is CNC(=O)c1cccc(-c2cnc(NC(=O)C(C)NC)c(=O)n2Cc2cc(F)cc(-n3cc(C)c4cc(F)ccc43)c2)c1. The van der Waals surface area contributed by atoms with Gasteiger partial charge in [0.15, 0.2) is 5.82 Å². The fraction of sp³-hybridized carbons (Fsp3) is 0.188. The maximum Gasteiger partial charge on any atom is 0.294 e. The molecule has 1 unspecified atom stereocenters. The lowest BCUT2D eigenvalue weighted by Gasteiger charge is -2.17. The Bertz CT molecular complexity index is 1930. The summed E-state index contributed by atoms with van der Waals surface area (Å²) in [7, 11) is 3.13. The number of aromatic nitrogens is 3. The number of aryl methyl sites for hydroxylation is 1. The molecule has 0 saturated carbocycles. The third kappa shape index (κ3) is 5.93. The minimum Gasteiger partial charge on any atom is -0.355 e. The molecule has 220 valence electrons. The van der Waals surface area contributed by atoms with E-state index in [0.29, 0.717) is 39.0 Å². The molecule has 2 amide bonds. The summed E-state index contributed by atoms with van der Waals surface area (Å²) < 4.78 is 32.2. The van der Waals surface area contributed by atoms with E-state index >= 15 is 4.39 Å². The molecule has 5 rings (SSSR count). The lowest BCUT2D eigenvalue weighted by Crippen LogP contribution is -2.38. The first-order chi connectivity index (χ1) is 20.6. The highest BCUT2D eigenvalue weighted by Gasteiger charge is 2.19. The first-order valence-electron chi connectivity index (χ1n) is 13.6. The van der Waals surface area contributed by atoms with Crippen LogP contribution in [0.2, 0.25) is 0 Å². The zero-order chi connectivity index (χ0) is 30.8. The van der Waals surface area contributed by atoms with Crippen molar-refractivity contribution >= 4 is 28.5 Å². The van der Waals surface area contributed by atoms with Gasteiger partial charge in [-0.1, -0.05) is 12.1 Å². The molecule has 0 saturated heterocycles. The maximum atomic E-state index is 15.1. The van der Waals surface area contributed by atoms with Gasteiger partial charge in [-0.25, -0.2) is 13.8 Å². The number of carbonyl (C=O) groups is 2. The molecule has 0 aliphatic carbocycles. The summed E-state index contributed by atoms with van der Waals surface area (Å²) in [6, 6.07) is 14.9. The normalized spacial score (nSPS) is 11.9. The topological polar surface area (TPSA) is 110 Å². The Kier molecular flexibility index (Phi) is 8.18. The molecule has 0 aliphatic heterocycles. The number of benzene rings is 3. The Morgan fingerprint density at radius 1 is 1.00 bits per heavy atom. The van der Waals surface area contributed by atoms with Crippen LogP contribution in [0.25, 0.3) is 27.8 Å². The van der Waals surface area contributed by atoms with E-state index in [1.165, 1.54) is 42.1 Å². The van der Waals surface area contributed by atoms with E-state index in [4.69, 9.17) is 0 Å². The van der Waals surface area contributed by atoms with E-state index in [0.717, 1.165) is 5.56 Å². The summed E-state index contributed by atoms with van der Waals surface area (Å²) in [6.07, 6.45) is 3.23. The second-order valence-electron chi connectivity index (χ2n) is 10.2. The predicted octanol–water partition coefficient (Wildman–Crippen LogP) is 4.40. The van der Waals surface area contributed by atoms with Crippen LogP contribution in [0.15, 0.2) is 77.9 Å². The van der Waals surface area contributed by atoms with Gasteiger partial charge in [-0.05, 0) is 80.6 Å². The van der Waals surface area contributed by atoms with Gasteiger partial charge in [0.25, 0.3) is 11.5 Å². The van der Waals surface area contributed by atoms with Crippen LogP contribution in [0.1, 0.15) is 28.4 Å². The third-order valence-electron chi connectivity index (χ3n) is 7.30. The van der Waals surface area contributed by atoms with Gasteiger partial charge in [0.1, 0.15) is 11.6 Å². The minimum absolute atomic E-state index is 0.0804. The number of nitrogens with zero attached hydrogens (tertiary/aromatic N) is 3. The summed E-state index contributed by atoms with van der Waals surface area (Å²) in [5, 5.41) is 8.65. The Morgan fingerprint density at radius 2 is 1.79 bits per heavy atom. The highest BCUT2D eigenvalue weighted by molar-refractivity contribution is 5.95. The number of nitrogens with one attached hydrogen (secondary N) is 3. The second-order valence-corrected chi connectivity index (χ2v) is 10.2. The van der Waals surface area contributed by atoms with Crippen LogP contribution in [-0.2, 0) is 11.3 Å². The number of amides is 2. The van der Waals surface area contributed by atoms with E-state index in [9.17, 15) is 18.8 Å². The lowest BCUT2D eigenvalue weighted by atomic mass is 10.1. The Hall–Kier alpha value is -5.16. The van der Waals surface area contributed by atoms with E-state index in [1.54, 1.807) is 61.1 Å². The number of carbonyl (C=O) groups excluding carboxylic acids is 2. The van der Waals surface area contributed by atoms with E-state index in [2.05, 4.69) is 20.9 Å². The molecule has 5 aromatic rings. The monoisotopic (exact) mass is 584 g/mol. The molecule has 0 bridgehead atoms. The quantitative estimate of drug-likeness (QED) is 0.251. The lowest BCUT2D eigenvalue weighted by molar-refractivity contribution is -0.117. The molecule has 2 aromatic heterocycles. The van der Waals surface area contributed by atoms with Gasteiger partial charge < -0.3 is 20.5 Å². The van der Waals surface area contributed by atoms with Gasteiger partial charge in [0, 0.05) is 35.4 Å². The number of anilines is 1. The second kappa shape index (κ2) is 12.0. The maximum absolute atomic E-state index is 15.1. The number of halogens is 2. The average Bonchev–Trinajstić information content (AvgIpc) is 3.33. The summed E-state index contributed by atoms with van der Waals surface area (Å²) >= 11 is 0. The molecule has 0 aliphatic rings. The molecule has 3 aromatic carbocycles. The van der Waals surface area contributed by atoms with Crippen LogP contribution in [-0.4, -0.2) is 46.1 Å². The van der Waals surface area contributed by atoms with Gasteiger partial charge in [-0.3, -0.25) is 19.0 Å². The van der Waals surface area contributed by atoms with Crippen LogP contribution >= 0.6 is 0 Å². The fourth-order valence-electron chi connectivity index (χ4n) is 4.91. The van der Waals surface area contributed by atoms with Crippen molar-refractivity contribution in [3.63, 3.8) is 0 Å². The van der Waals surface area contributed by atoms with Crippen LogP contribution in [0.4, 0.5) is 14.6 Å². The van der Waals surface area contributed by atoms with E-state index < -0.39 is 23.3 Å². The Labute approximate surface area is 246 Å². The van der Waals surface area contributed by atoms with Crippen LogP contribution in [0, 0.1) is 18.6 Å². The van der Waals surface area contributed by atoms with Gasteiger partial charge in [0.05, 0.1) is 30.0 Å².